The molecule has 0 bridgehead atoms. The van der Waals surface area contributed by atoms with Crippen molar-refractivity contribution in [2.45, 2.75) is 19.8 Å². The molecule has 0 amide bonds. The Hall–Kier alpha value is -2.24. The summed E-state index contributed by atoms with van der Waals surface area (Å²) < 4.78 is 7.33. The molecule has 0 aliphatic rings. The maximum Gasteiger partial charge on any atom is 0.401 e. The number of azo groups is 1. The predicted molar refractivity (Wildman–Crippen MR) is 70.8 cm³/mol. The van der Waals surface area contributed by atoms with Crippen LogP contribution in [0.15, 0.2) is 40.8 Å². The van der Waals surface area contributed by atoms with Gasteiger partial charge in [0.1, 0.15) is 5.75 Å². The van der Waals surface area contributed by atoms with E-state index < -0.39 is 0 Å². The summed E-state index contributed by atoms with van der Waals surface area (Å²) in [4.78, 5) is 0. The van der Waals surface area contributed by atoms with Crippen molar-refractivity contribution in [3.63, 3.8) is 0 Å². The molecule has 100 valence electrons. The first-order valence-electron chi connectivity index (χ1n) is 6.33. The first kappa shape index (κ1) is 13.2. The molecule has 0 saturated heterocycles. The summed E-state index contributed by atoms with van der Waals surface area (Å²) >= 11 is 0. The largest absolute Gasteiger partial charge is 0.494 e. The summed E-state index contributed by atoms with van der Waals surface area (Å²) in [6.07, 6.45) is 3.84. The lowest BCUT2D eigenvalue weighted by molar-refractivity contribution is -0.658. The Balaban J connectivity index is 1.95. The Morgan fingerprint density at radius 2 is 2.05 bits per heavy atom. The minimum Gasteiger partial charge on any atom is -0.494 e. The molecule has 0 spiro atoms. The molecule has 0 atom stereocenters. The quantitative estimate of drug-likeness (QED) is 0.493. The van der Waals surface area contributed by atoms with Crippen molar-refractivity contribution < 1.29 is 9.30 Å². The molecule has 0 saturated carbocycles. The molecule has 1 heterocycles. The van der Waals surface area contributed by atoms with Crippen LogP contribution in [0, 0.1) is 0 Å². The highest BCUT2D eigenvalue weighted by Gasteiger charge is 2.05. The first-order valence-corrected chi connectivity index (χ1v) is 6.33. The van der Waals surface area contributed by atoms with E-state index in [-0.39, 0.29) is 0 Å². The fourth-order valence-corrected chi connectivity index (χ4v) is 1.45. The standard InChI is InChI=1S/C13H17N5O/c1-3-4-9-19-12-7-5-11(6-8-12)15-17-13-16-14-10-18(13)2/h5-8,10H,3-4,9H2,1-2H3/p+1. The molecule has 1 aromatic heterocycles. The summed E-state index contributed by atoms with van der Waals surface area (Å²) in [6, 6.07) is 7.55. The van der Waals surface area contributed by atoms with Crippen molar-refractivity contribution in [3.05, 3.63) is 30.6 Å². The van der Waals surface area contributed by atoms with E-state index in [0.29, 0.717) is 5.95 Å². The van der Waals surface area contributed by atoms with Gasteiger partial charge in [-0.15, -0.1) is 5.10 Å². The smallest absolute Gasteiger partial charge is 0.401 e. The fourth-order valence-electron chi connectivity index (χ4n) is 1.45. The molecule has 0 unspecified atom stereocenters. The van der Waals surface area contributed by atoms with Gasteiger partial charge in [-0.2, -0.15) is 0 Å². The molecule has 0 fully saturated rings. The van der Waals surface area contributed by atoms with Crippen molar-refractivity contribution in [2.75, 3.05) is 6.61 Å². The van der Waals surface area contributed by atoms with Gasteiger partial charge < -0.3 is 4.74 Å². The maximum atomic E-state index is 5.58. The third-order valence-corrected chi connectivity index (χ3v) is 2.59. The summed E-state index contributed by atoms with van der Waals surface area (Å²) in [6.45, 7) is 2.89. The molecule has 0 aliphatic heterocycles. The SMILES string of the molecule is CCCCOc1ccc(N=Nc2[nH]nc[n+]2C)cc1. The van der Waals surface area contributed by atoms with Crippen LogP contribution in [-0.4, -0.2) is 16.8 Å². The minimum absolute atomic E-state index is 0.600. The highest BCUT2D eigenvalue weighted by molar-refractivity contribution is 5.40. The van der Waals surface area contributed by atoms with Crippen LogP contribution in [0.25, 0.3) is 0 Å². The topological polar surface area (TPSA) is 66.5 Å². The molecule has 6 nitrogen and oxygen atoms in total. The second kappa shape index (κ2) is 6.63. The van der Waals surface area contributed by atoms with Gasteiger partial charge >= 0.3 is 5.95 Å². The summed E-state index contributed by atoms with van der Waals surface area (Å²) in [5.41, 5.74) is 0.775. The van der Waals surface area contributed by atoms with Gasteiger partial charge in [0.2, 0.25) is 6.33 Å². The third-order valence-electron chi connectivity index (χ3n) is 2.59. The second-order valence-electron chi connectivity index (χ2n) is 4.19. The van der Waals surface area contributed by atoms with Gasteiger partial charge in [-0.05, 0) is 35.8 Å². The summed E-state index contributed by atoms with van der Waals surface area (Å²) in [5.74, 6) is 1.46. The van der Waals surface area contributed by atoms with Crippen LogP contribution in [0.3, 0.4) is 0 Å². The Kier molecular flexibility index (Phi) is 4.60. The number of aromatic nitrogens is 3. The van der Waals surface area contributed by atoms with E-state index in [9.17, 15) is 0 Å². The monoisotopic (exact) mass is 260 g/mol. The summed E-state index contributed by atoms with van der Waals surface area (Å²) in [7, 11) is 1.85. The Morgan fingerprint density at radius 3 is 2.68 bits per heavy atom. The minimum atomic E-state index is 0.600. The zero-order chi connectivity index (χ0) is 13.5. The summed E-state index contributed by atoms with van der Waals surface area (Å²) in [5, 5.41) is 14.8. The van der Waals surface area contributed by atoms with Crippen LogP contribution in [0.2, 0.25) is 0 Å². The van der Waals surface area contributed by atoms with Crippen molar-refractivity contribution in [3.8, 4) is 5.75 Å². The number of benzene rings is 1. The lowest BCUT2D eigenvalue weighted by atomic mass is 10.3. The Bertz CT molecular complexity index is 532. The number of H-pyrrole nitrogens is 1. The predicted octanol–water partition coefficient (Wildman–Crippen LogP) is 2.83. The van der Waals surface area contributed by atoms with E-state index in [4.69, 9.17) is 4.74 Å². The average Bonchev–Trinajstić information content (AvgIpc) is 2.84. The molecule has 2 aromatic rings. The molecular weight excluding hydrogens is 242 g/mol. The highest BCUT2D eigenvalue weighted by Crippen LogP contribution is 2.19. The number of unbranched alkanes of at least 4 members (excludes halogenated alkanes) is 1. The number of nitrogens with zero attached hydrogens (tertiary/aromatic N) is 4. The lowest BCUT2D eigenvalue weighted by Gasteiger charge is -2.04. The van der Waals surface area contributed by atoms with Crippen LogP contribution in [-0.2, 0) is 7.05 Å². The van der Waals surface area contributed by atoms with Gasteiger partial charge in [-0.25, -0.2) is 4.57 Å². The molecular formula is C13H18N5O+. The lowest BCUT2D eigenvalue weighted by Crippen LogP contribution is -2.24. The van der Waals surface area contributed by atoms with Crippen molar-refractivity contribution >= 4 is 11.6 Å². The van der Waals surface area contributed by atoms with Crippen LogP contribution in [0.4, 0.5) is 11.6 Å². The van der Waals surface area contributed by atoms with E-state index in [1.807, 2.05) is 31.3 Å². The number of hydrogen-bond donors (Lipinski definition) is 1. The van der Waals surface area contributed by atoms with E-state index in [0.717, 1.165) is 30.9 Å². The van der Waals surface area contributed by atoms with Crippen molar-refractivity contribution in [1.82, 2.24) is 10.2 Å². The van der Waals surface area contributed by atoms with Gasteiger partial charge in [0.25, 0.3) is 0 Å². The van der Waals surface area contributed by atoms with Crippen molar-refractivity contribution in [2.24, 2.45) is 17.3 Å². The van der Waals surface area contributed by atoms with Gasteiger partial charge in [-0.1, -0.05) is 18.5 Å². The fraction of sp³-hybridized carbons (Fsp3) is 0.385. The first-order chi connectivity index (χ1) is 9.29. The van der Waals surface area contributed by atoms with E-state index in [1.165, 1.54) is 0 Å². The van der Waals surface area contributed by atoms with Crippen LogP contribution in [0.1, 0.15) is 19.8 Å². The van der Waals surface area contributed by atoms with E-state index >= 15 is 0 Å². The van der Waals surface area contributed by atoms with Gasteiger partial charge in [0, 0.05) is 5.11 Å². The number of aryl methyl sites for hydroxylation is 1. The molecule has 1 aromatic carbocycles. The molecule has 2 rings (SSSR count). The Labute approximate surface area is 112 Å². The van der Waals surface area contributed by atoms with Gasteiger partial charge in [0.05, 0.1) is 19.3 Å². The molecule has 19 heavy (non-hydrogen) atoms. The maximum absolute atomic E-state index is 5.58. The molecule has 1 N–H and O–H groups in total. The van der Waals surface area contributed by atoms with Crippen LogP contribution >= 0.6 is 0 Å². The normalized spacial score (nSPS) is 11.1. The number of rotatable bonds is 6. The number of nitrogens with one attached hydrogen (secondary N) is 1. The zero-order valence-electron chi connectivity index (χ0n) is 11.2. The third kappa shape index (κ3) is 3.87. The van der Waals surface area contributed by atoms with E-state index in [1.54, 1.807) is 10.9 Å². The van der Waals surface area contributed by atoms with Gasteiger partial charge in [0.15, 0.2) is 0 Å². The average molecular weight is 260 g/mol. The molecule has 0 radical (unpaired) electrons. The zero-order valence-corrected chi connectivity index (χ0v) is 11.2. The number of aromatic amines is 1. The van der Waals surface area contributed by atoms with Crippen molar-refractivity contribution in [1.29, 1.82) is 0 Å². The van der Waals surface area contributed by atoms with Crippen LogP contribution in [0.5, 0.6) is 5.75 Å². The van der Waals surface area contributed by atoms with Gasteiger partial charge in [-0.3, -0.25) is 0 Å². The molecule has 0 aliphatic carbocycles. The van der Waals surface area contributed by atoms with Crippen LogP contribution < -0.4 is 9.30 Å². The second-order valence-corrected chi connectivity index (χ2v) is 4.19. The number of ether oxygens (including phenoxy) is 1. The molecule has 6 heteroatoms. The highest BCUT2D eigenvalue weighted by atomic mass is 16.5. The number of hydrogen-bond acceptors (Lipinski definition) is 4. The van der Waals surface area contributed by atoms with E-state index in [2.05, 4.69) is 27.3 Å². The Morgan fingerprint density at radius 1 is 1.26 bits per heavy atom.